The molecule has 3 heteroatoms. The van der Waals surface area contributed by atoms with Gasteiger partial charge in [-0.3, -0.25) is 0 Å². The summed E-state index contributed by atoms with van der Waals surface area (Å²) in [5.74, 6) is -0.304. The van der Waals surface area contributed by atoms with Crippen LogP contribution in [0.25, 0.3) is 0 Å². The molecule has 0 fully saturated rings. The Balaban J connectivity index is 1.71. The first kappa shape index (κ1) is 15.3. The zero-order valence-corrected chi connectivity index (χ0v) is 12.5. The standard InChI is InChI=1S/C18H20O3/c1-14-8-9-17(12-15(14)2)18(19)21-11-10-20-13-16-6-4-3-5-7-16/h3-9,12H,10-11,13H2,1-2H3. The number of hydrogen-bond acceptors (Lipinski definition) is 3. The van der Waals surface area contributed by atoms with Crippen LogP contribution in [0.5, 0.6) is 0 Å². The second kappa shape index (κ2) is 7.60. The average Bonchev–Trinajstić information content (AvgIpc) is 2.50. The second-order valence-corrected chi connectivity index (χ2v) is 4.97. The molecule has 0 atom stereocenters. The SMILES string of the molecule is Cc1ccc(C(=O)OCCOCc2ccccc2)cc1C. The zero-order chi connectivity index (χ0) is 15.1. The summed E-state index contributed by atoms with van der Waals surface area (Å²) in [6.07, 6.45) is 0. The maximum atomic E-state index is 11.9. The Hall–Kier alpha value is -2.13. The van der Waals surface area contributed by atoms with Gasteiger partial charge in [0.05, 0.1) is 18.8 Å². The van der Waals surface area contributed by atoms with Gasteiger partial charge < -0.3 is 9.47 Å². The van der Waals surface area contributed by atoms with E-state index >= 15 is 0 Å². The summed E-state index contributed by atoms with van der Waals surface area (Å²) in [5.41, 5.74) is 3.95. The molecule has 3 nitrogen and oxygen atoms in total. The van der Waals surface area contributed by atoms with Crippen LogP contribution in [0.2, 0.25) is 0 Å². The molecule has 0 aromatic heterocycles. The molecule has 0 amide bonds. The number of esters is 1. The van der Waals surface area contributed by atoms with Crippen LogP contribution in [0.4, 0.5) is 0 Å². The van der Waals surface area contributed by atoms with Crippen molar-refractivity contribution in [3.05, 3.63) is 70.8 Å². The summed E-state index contributed by atoms with van der Waals surface area (Å²) >= 11 is 0. The molecule has 0 heterocycles. The number of benzene rings is 2. The largest absolute Gasteiger partial charge is 0.460 e. The van der Waals surface area contributed by atoms with E-state index in [2.05, 4.69) is 0 Å². The molecule has 2 aromatic carbocycles. The Labute approximate surface area is 125 Å². The molecule has 0 aliphatic rings. The molecule has 0 bridgehead atoms. The van der Waals surface area contributed by atoms with Crippen molar-refractivity contribution in [2.24, 2.45) is 0 Å². The lowest BCUT2D eigenvalue weighted by Crippen LogP contribution is -2.11. The smallest absolute Gasteiger partial charge is 0.338 e. The van der Waals surface area contributed by atoms with Crippen molar-refractivity contribution in [3.63, 3.8) is 0 Å². The Bertz CT molecular complexity index is 591. The van der Waals surface area contributed by atoms with Crippen LogP contribution in [-0.4, -0.2) is 19.2 Å². The maximum absolute atomic E-state index is 11.9. The van der Waals surface area contributed by atoms with E-state index in [-0.39, 0.29) is 12.6 Å². The molecule has 0 spiro atoms. The third kappa shape index (κ3) is 4.72. The van der Waals surface area contributed by atoms with Crippen LogP contribution in [0, 0.1) is 13.8 Å². The van der Waals surface area contributed by atoms with Gasteiger partial charge in [0.1, 0.15) is 6.61 Å². The molecular formula is C18H20O3. The van der Waals surface area contributed by atoms with Gasteiger partial charge in [0.15, 0.2) is 0 Å². The Kier molecular flexibility index (Phi) is 5.52. The molecule has 0 saturated heterocycles. The van der Waals surface area contributed by atoms with Gasteiger partial charge in [-0.15, -0.1) is 0 Å². The zero-order valence-electron chi connectivity index (χ0n) is 12.5. The Morgan fingerprint density at radius 1 is 0.952 bits per heavy atom. The summed E-state index contributed by atoms with van der Waals surface area (Å²) in [5, 5.41) is 0. The van der Waals surface area contributed by atoms with Crippen molar-refractivity contribution in [3.8, 4) is 0 Å². The maximum Gasteiger partial charge on any atom is 0.338 e. The Morgan fingerprint density at radius 2 is 1.71 bits per heavy atom. The van der Waals surface area contributed by atoms with Crippen molar-refractivity contribution in [2.75, 3.05) is 13.2 Å². The van der Waals surface area contributed by atoms with Gasteiger partial charge in [-0.25, -0.2) is 4.79 Å². The molecular weight excluding hydrogens is 264 g/mol. The summed E-state index contributed by atoms with van der Waals surface area (Å²) in [6, 6.07) is 15.5. The van der Waals surface area contributed by atoms with E-state index in [1.54, 1.807) is 6.07 Å². The van der Waals surface area contributed by atoms with Crippen LogP contribution in [0.15, 0.2) is 48.5 Å². The first-order chi connectivity index (χ1) is 10.2. The van der Waals surface area contributed by atoms with Gasteiger partial charge in [0, 0.05) is 0 Å². The predicted molar refractivity (Wildman–Crippen MR) is 82.3 cm³/mol. The van der Waals surface area contributed by atoms with Crippen LogP contribution >= 0.6 is 0 Å². The third-order valence-corrected chi connectivity index (χ3v) is 3.31. The topological polar surface area (TPSA) is 35.5 Å². The van der Waals surface area contributed by atoms with Crippen LogP contribution in [0.1, 0.15) is 27.0 Å². The summed E-state index contributed by atoms with van der Waals surface area (Å²) in [4.78, 5) is 11.9. The van der Waals surface area contributed by atoms with E-state index in [1.807, 2.05) is 56.3 Å². The monoisotopic (exact) mass is 284 g/mol. The minimum absolute atomic E-state index is 0.262. The number of rotatable bonds is 6. The molecule has 2 aromatic rings. The van der Waals surface area contributed by atoms with Gasteiger partial charge >= 0.3 is 5.97 Å². The second-order valence-electron chi connectivity index (χ2n) is 4.97. The molecule has 110 valence electrons. The van der Waals surface area contributed by atoms with E-state index in [9.17, 15) is 4.79 Å². The lowest BCUT2D eigenvalue weighted by atomic mass is 10.1. The highest BCUT2D eigenvalue weighted by molar-refractivity contribution is 5.89. The predicted octanol–water partition coefficient (Wildman–Crippen LogP) is 3.68. The van der Waals surface area contributed by atoms with E-state index in [0.717, 1.165) is 16.7 Å². The lowest BCUT2D eigenvalue weighted by molar-refractivity contribution is 0.0288. The number of carbonyl (C=O) groups is 1. The normalized spacial score (nSPS) is 10.4. The highest BCUT2D eigenvalue weighted by Gasteiger charge is 2.07. The third-order valence-electron chi connectivity index (χ3n) is 3.31. The highest BCUT2D eigenvalue weighted by atomic mass is 16.6. The van der Waals surface area contributed by atoms with Gasteiger partial charge in [-0.2, -0.15) is 0 Å². The van der Waals surface area contributed by atoms with E-state index in [0.29, 0.717) is 18.8 Å². The first-order valence-corrected chi connectivity index (χ1v) is 7.03. The van der Waals surface area contributed by atoms with Gasteiger partial charge in [-0.1, -0.05) is 36.4 Å². The number of hydrogen-bond donors (Lipinski definition) is 0. The molecule has 0 N–H and O–H groups in total. The first-order valence-electron chi connectivity index (χ1n) is 7.03. The average molecular weight is 284 g/mol. The molecule has 0 saturated carbocycles. The van der Waals surface area contributed by atoms with Crippen LogP contribution in [0.3, 0.4) is 0 Å². The fourth-order valence-electron chi connectivity index (χ4n) is 1.91. The summed E-state index contributed by atoms with van der Waals surface area (Å²) in [7, 11) is 0. The molecule has 2 rings (SSSR count). The number of aryl methyl sites for hydroxylation is 2. The highest BCUT2D eigenvalue weighted by Crippen LogP contribution is 2.10. The molecule has 0 radical (unpaired) electrons. The van der Waals surface area contributed by atoms with E-state index in [1.165, 1.54) is 0 Å². The fraction of sp³-hybridized carbons (Fsp3) is 0.278. The van der Waals surface area contributed by atoms with Crippen LogP contribution in [-0.2, 0) is 16.1 Å². The minimum atomic E-state index is -0.304. The quantitative estimate of drug-likeness (QED) is 0.599. The summed E-state index contributed by atoms with van der Waals surface area (Å²) in [6.45, 7) is 5.18. The van der Waals surface area contributed by atoms with Crippen molar-refractivity contribution in [1.82, 2.24) is 0 Å². The number of carbonyl (C=O) groups excluding carboxylic acids is 1. The van der Waals surface area contributed by atoms with Gasteiger partial charge in [0.2, 0.25) is 0 Å². The van der Waals surface area contributed by atoms with Crippen molar-refractivity contribution >= 4 is 5.97 Å². The van der Waals surface area contributed by atoms with E-state index < -0.39 is 0 Å². The fourth-order valence-corrected chi connectivity index (χ4v) is 1.91. The minimum Gasteiger partial charge on any atom is -0.460 e. The van der Waals surface area contributed by atoms with Crippen molar-refractivity contribution in [2.45, 2.75) is 20.5 Å². The van der Waals surface area contributed by atoms with Crippen LogP contribution < -0.4 is 0 Å². The molecule has 21 heavy (non-hydrogen) atoms. The Morgan fingerprint density at radius 3 is 2.43 bits per heavy atom. The van der Waals surface area contributed by atoms with E-state index in [4.69, 9.17) is 9.47 Å². The molecule has 0 aliphatic heterocycles. The number of ether oxygens (including phenoxy) is 2. The van der Waals surface area contributed by atoms with Crippen molar-refractivity contribution < 1.29 is 14.3 Å². The molecule has 0 unspecified atom stereocenters. The summed E-state index contributed by atoms with van der Waals surface area (Å²) < 4.78 is 10.7. The van der Waals surface area contributed by atoms with Gasteiger partial charge in [-0.05, 0) is 42.7 Å². The van der Waals surface area contributed by atoms with Crippen molar-refractivity contribution in [1.29, 1.82) is 0 Å². The van der Waals surface area contributed by atoms with Gasteiger partial charge in [0.25, 0.3) is 0 Å². The lowest BCUT2D eigenvalue weighted by Gasteiger charge is -2.07. The molecule has 0 aliphatic carbocycles.